The predicted molar refractivity (Wildman–Crippen MR) is 258 cm³/mol. The number of nitrogens with one attached hydrogen (secondary N) is 1. The molecule has 2 heteroatoms. The first-order valence-corrected chi connectivity index (χ1v) is 26.1. The second kappa shape index (κ2) is 24.7. The first-order valence-electron chi connectivity index (χ1n) is 26.1. The molecule has 59 heavy (non-hydrogen) atoms. The molecule has 4 saturated carbocycles. The molecule has 0 aromatic rings. The van der Waals surface area contributed by atoms with Crippen LogP contribution in [0.4, 0.5) is 0 Å². The largest absolute Gasteiger partial charge is 0.324 e. The van der Waals surface area contributed by atoms with Crippen molar-refractivity contribution in [3.05, 3.63) is 83.6 Å². The van der Waals surface area contributed by atoms with Gasteiger partial charge in [0, 0.05) is 12.1 Å². The minimum absolute atomic E-state index is 0.0743. The maximum Gasteiger partial charge on any atom is 0.0329 e. The Kier molecular flexibility index (Phi) is 19.5. The molecule has 13 unspecified atom stereocenters. The van der Waals surface area contributed by atoms with Crippen LogP contribution in [0.2, 0.25) is 0 Å². The van der Waals surface area contributed by atoms with Crippen molar-refractivity contribution in [2.45, 2.75) is 201 Å². The van der Waals surface area contributed by atoms with E-state index in [0.717, 1.165) is 78.6 Å². The third kappa shape index (κ3) is 13.5. The quantitative estimate of drug-likeness (QED) is 0.120. The van der Waals surface area contributed by atoms with Gasteiger partial charge in [0.25, 0.3) is 0 Å². The van der Waals surface area contributed by atoms with E-state index in [0.29, 0.717) is 12.0 Å². The van der Waals surface area contributed by atoms with Crippen LogP contribution in [0.3, 0.4) is 0 Å². The molecule has 330 valence electrons. The zero-order chi connectivity index (χ0) is 41.4. The summed E-state index contributed by atoms with van der Waals surface area (Å²) in [6.07, 6.45) is 59.3. The summed E-state index contributed by atoms with van der Waals surface area (Å²) in [6, 6.07) is 0.651. The van der Waals surface area contributed by atoms with Crippen molar-refractivity contribution < 1.29 is 0 Å². The van der Waals surface area contributed by atoms with E-state index in [2.05, 4.69) is 107 Å². The van der Waals surface area contributed by atoms with Gasteiger partial charge in [-0.1, -0.05) is 138 Å². The molecule has 0 spiro atoms. The van der Waals surface area contributed by atoms with E-state index >= 15 is 0 Å². The molecule has 6 aliphatic carbocycles. The van der Waals surface area contributed by atoms with Gasteiger partial charge >= 0.3 is 0 Å². The second-order valence-electron chi connectivity index (χ2n) is 21.1. The van der Waals surface area contributed by atoms with E-state index < -0.39 is 0 Å². The summed E-state index contributed by atoms with van der Waals surface area (Å²) in [6.45, 7) is 13.1. The molecule has 0 aliphatic heterocycles. The fourth-order valence-corrected chi connectivity index (χ4v) is 13.9. The first kappa shape index (κ1) is 46.6. The number of fused-ring (bicyclic) bond motifs is 2. The Morgan fingerprint density at radius 1 is 0.780 bits per heavy atom. The van der Waals surface area contributed by atoms with Gasteiger partial charge in [-0.3, -0.25) is 0 Å². The van der Waals surface area contributed by atoms with E-state index in [9.17, 15) is 0 Å². The van der Waals surface area contributed by atoms with Crippen molar-refractivity contribution in [2.24, 2.45) is 70.8 Å². The highest BCUT2D eigenvalue weighted by Gasteiger charge is 2.46. The SMILES string of the molecule is CC/C=C\CCC1CC(/C(=C/CC)CC)CC(C2CCC(C(C)CCC(C/C=C\CC(N)C3=CC=C(C)CC=C3)CNC3C=CCC4CCCCC43)C3CCCCC23)C1. The Hall–Kier alpha value is -1.90. The van der Waals surface area contributed by atoms with Gasteiger partial charge in [-0.15, -0.1) is 0 Å². The molecule has 4 fully saturated rings. The molecule has 0 heterocycles. The van der Waals surface area contributed by atoms with E-state index in [1.165, 1.54) is 152 Å². The van der Waals surface area contributed by atoms with Gasteiger partial charge in [0.2, 0.25) is 0 Å². The van der Waals surface area contributed by atoms with Gasteiger partial charge in [-0.2, -0.15) is 0 Å². The lowest BCUT2D eigenvalue weighted by Crippen LogP contribution is -2.44. The Balaban J connectivity index is 1.09. The fourth-order valence-electron chi connectivity index (χ4n) is 13.9. The number of hydrogen-bond acceptors (Lipinski definition) is 2. The van der Waals surface area contributed by atoms with Gasteiger partial charge in [0.05, 0.1) is 0 Å². The summed E-state index contributed by atoms with van der Waals surface area (Å²) in [7, 11) is 0. The topological polar surface area (TPSA) is 38.0 Å². The molecule has 0 aromatic carbocycles. The molecule has 6 rings (SSSR count). The minimum atomic E-state index is 0.0743. The third-order valence-corrected chi connectivity index (χ3v) is 17.2. The van der Waals surface area contributed by atoms with E-state index in [4.69, 9.17) is 5.73 Å². The van der Waals surface area contributed by atoms with Crippen LogP contribution in [-0.2, 0) is 0 Å². The number of rotatable bonds is 20. The highest BCUT2D eigenvalue weighted by atomic mass is 14.9. The Morgan fingerprint density at radius 3 is 2.39 bits per heavy atom. The van der Waals surface area contributed by atoms with Crippen LogP contribution in [-0.4, -0.2) is 18.6 Å². The smallest absolute Gasteiger partial charge is 0.0329 e. The molecular formula is C57H92N2. The summed E-state index contributed by atoms with van der Waals surface area (Å²) in [4.78, 5) is 0. The summed E-state index contributed by atoms with van der Waals surface area (Å²) in [5.74, 6) is 9.86. The van der Waals surface area contributed by atoms with Crippen LogP contribution in [0.1, 0.15) is 189 Å². The lowest BCUT2D eigenvalue weighted by Gasteiger charge is -2.52. The van der Waals surface area contributed by atoms with Crippen LogP contribution in [0.25, 0.3) is 0 Å². The predicted octanol–water partition coefficient (Wildman–Crippen LogP) is 15.6. The van der Waals surface area contributed by atoms with Gasteiger partial charge in [0.1, 0.15) is 0 Å². The van der Waals surface area contributed by atoms with Gasteiger partial charge in [0.15, 0.2) is 0 Å². The van der Waals surface area contributed by atoms with Gasteiger partial charge in [-0.05, 0) is 206 Å². The Morgan fingerprint density at radius 2 is 1.58 bits per heavy atom. The van der Waals surface area contributed by atoms with E-state index in [1.54, 1.807) is 5.57 Å². The number of nitrogens with two attached hydrogens (primary N) is 1. The summed E-state index contributed by atoms with van der Waals surface area (Å²) in [5, 5.41) is 4.19. The highest BCUT2D eigenvalue weighted by Crippen LogP contribution is 2.55. The van der Waals surface area contributed by atoms with Crippen molar-refractivity contribution >= 4 is 0 Å². The molecule has 0 bridgehead atoms. The molecule has 3 N–H and O–H groups in total. The maximum atomic E-state index is 6.74. The van der Waals surface area contributed by atoms with Crippen molar-refractivity contribution in [1.82, 2.24) is 5.32 Å². The van der Waals surface area contributed by atoms with Crippen molar-refractivity contribution in [3.8, 4) is 0 Å². The average Bonchev–Trinajstić information content (AvgIpc) is 3.49. The lowest BCUT2D eigenvalue weighted by molar-refractivity contribution is -0.0203. The highest BCUT2D eigenvalue weighted by molar-refractivity contribution is 5.34. The van der Waals surface area contributed by atoms with Crippen molar-refractivity contribution in [2.75, 3.05) is 6.54 Å². The van der Waals surface area contributed by atoms with Gasteiger partial charge < -0.3 is 11.1 Å². The fraction of sp³-hybridized carbons (Fsp3) is 0.754. The average molecular weight is 805 g/mol. The Labute approximate surface area is 365 Å². The minimum Gasteiger partial charge on any atom is -0.324 e. The number of hydrogen-bond donors (Lipinski definition) is 2. The molecular weight excluding hydrogens is 713 g/mol. The van der Waals surface area contributed by atoms with Crippen molar-refractivity contribution in [3.63, 3.8) is 0 Å². The molecule has 0 saturated heterocycles. The molecule has 13 atom stereocenters. The van der Waals surface area contributed by atoms with Crippen LogP contribution < -0.4 is 11.1 Å². The molecule has 2 nitrogen and oxygen atoms in total. The van der Waals surface area contributed by atoms with Crippen LogP contribution in [0.5, 0.6) is 0 Å². The zero-order valence-corrected chi connectivity index (χ0v) is 39.1. The summed E-state index contributed by atoms with van der Waals surface area (Å²) >= 11 is 0. The van der Waals surface area contributed by atoms with Gasteiger partial charge in [-0.25, -0.2) is 0 Å². The van der Waals surface area contributed by atoms with Crippen LogP contribution in [0, 0.1) is 65.1 Å². The summed E-state index contributed by atoms with van der Waals surface area (Å²) in [5.41, 5.74) is 11.2. The number of allylic oxidation sites excluding steroid dienone is 10. The first-order chi connectivity index (χ1) is 28.9. The molecule has 0 radical (unpaired) electrons. The van der Waals surface area contributed by atoms with Crippen molar-refractivity contribution in [1.29, 1.82) is 0 Å². The molecule has 6 aliphatic rings. The van der Waals surface area contributed by atoms with E-state index in [1.807, 2.05) is 0 Å². The normalized spacial score (nSPS) is 34.5. The zero-order valence-electron chi connectivity index (χ0n) is 39.1. The second-order valence-corrected chi connectivity index (χ2v) is 21.1. The molecule has 0 aromatic heterocycles. The standard InChI is InChI=1S/C57H92N2/c1-6-9-10-11-23-45-38-49(46(8-3)20-7-2)40-50(39-45)52-37-36-51(54-28-15-16-29-55(52)54)43(5)33-34-44(41-59-57-31-19-25-47-24-13-14-27-53(47)57)22-12-17-30-56(58)48-26-18-21-42(4)32-35-48/h9-10,12,17-20,26,31-32,35,43-45,47,49-57,59H,6-8,11,13-16,21-25,27-30,33-34,36-41,58H2,1-5H3/b10-9-,17-12-,46-20+. The third-order valence-electron chi connectivity index (χ3n) is 17.2. The van der Waals surface area contributed by atoms with Crippen LogP contribution >= 0.6 is 0 Å². The monoisotopic (exact) mass is 805 g/mol. The summed E-state index contributed by atoms with van der Waals surface area (Å²) < 4.78 is 0. The Bertz CT molecular complexity index is 1450. The lowest BCUT2D eigenvalue weighted by atomic mass is 9.53. The maximum absolute atomic E-state index is 6.74. The van der Waals surface area contributed by atoms with E-state index in [-0.39, 0.29) is 6.04 Å². The molecule has 0 amide bonds. The van der Waals surface area contributed by atoms with Crippen LogP contribution in [0.15, 0.2) is 83.6 Å².